The number of halogens is 2. The van der Waals surface area contributed by atoms with Crippen molar-refractivity contribution in [2.45, 2.75) is 19.3 Å². The third kappa shape index (κ3) is 9.08. The molecule has 0 radical (unpaired) electrons. The fourth-order valence-corrected chi connectivity index (χ4v) is 2.86. The van der Waals surface area contributed by atoms with E-state index < -0.39 is 0 Å². The summed E-state index contributed by atoms with van der Waals surface area (Å²) in [7, 11) is 0. The third-order valence-corrected chi connectivity index (χ3v) is 4.42. The number of benzene rings is 1. The van der Waals surface area contributed by atoms with E-state index >= 15 is 0 Å². The first-order valence-electron chi connectivity index (χ1n) is 7.75. The highest BCUT2D eigenvalue weighted by Gasteiger charge is 2.02. The molecular formula is C17H22ClIN4OS. The highest BCUT2D eigenvalue weighted by molar-refractivity contribution is 14.0. The monoisotopic (exact) mass is 492 g/mol. The van der Waals surface area contributed by atoms with Crippen molar-refractivity contribution in [1.29, 1.82) is 0 Å². The maximum absolute atomic E-state index is 11.8. The predicted octanol–water partition coefficient (Wildman–Crippen LogP) is 3.89. The first-order chi connectivity index (χ1) is 11.6. The van der Waals surface area contributed by atoms with Crippen LogP contribution in [-0.4, -0.2) is 25.0 Å². The molecular weight excluding hydrogens is 471 g/mol. The summed E-state index contributed by atoms with van der Waals surface area (Å²) < 4.78 is 0. The Bertz CT molecular complexity index is 662. The van der Waals surface area contributed by atoms with Crippen molar-refractivity contribution in [1.82, 2.24) is 5.32 Å². The topological polar surface area (TPSA) is 79.5 Å². The molecule has 8 heteroatoms. The van der Waals surface area contributed by atoms with Crippen molar-refractivity contribution in [3.05, 3.63) is 51.7 Å². The summed E-state index contributed by atoms with van der Waals surface area (Å²) in [6.07, 6.45) is 1.97. The van der Waals surface area contributed by atoms with Crippen LogP contribution in [0, 0.1) is 0 Å². The van der Waals surface area contributed by atoms with Crippen LogP contribution in [0.2, 0.25) is 5.02 Å². The molecule has 0 aliphatic carbocycles. The molecule has 0 aliphatic heterocycles. The quantitative estimate of drug-likeness (QED) is 0.226. The van der Waals surface area contributed by atoms with Crippen LogP contribution >= 0.6 is 46.9 Å². The van der Waals surface area contributed by atoms with Crippen LogP contribution in [0.4, 0.5) is 5.69 Å². The number of guanidine groups is 1. The van der Waals surface area contributed by atoms with Crippen LogP contribution in [0.25, 0.3) is 0 Å². The number of amides is 1. The number of carbonyl (C=O) groups is 1. The minimum atomic E-state index is -0.0447. The zero-order chi connectivity index (χ0) is 17.2. The van der Waals surface area contributed by atoms with Gasteiger partial charge in [0, 0.05) is 35.1 Å². The minimum absolute atomic E-state index is 0. The Morgan fingerprint density at radius 3 is 2.68 bits per heavy atom. The SMILES string of the molecule is I.NC(=NCCCC(=O)Nc1ccc(Cl)cc1)NCCc1cccs1. The van der Waals surface area contributed by atoms with Gasteiger partial charge in [-0.25, -0.2) is 0 Å². The first kappa shape index (κ1) is 21.7. The highest BCUT2D eigenvalue weighted by Crippen LogP contribution is 2.13. The van der Waals surface area contributed by atoms with Crippen LogP contribution in [0.5, 0.6) is 0 Å². The number of hydrogen-bond acceptors (Lipinski definition) is 3. The van der Waals surface area contributed by atoms with E-state index in [-0.39, 0.29) is 29.9 Å². The van der Waals surface area contributed by atoms with Crippen molar-refractivity contribution in [3.63, 3.8) is 0 Å². The van der Waals surface area contributed by atoms with Gasteiger partial charge in [0.2, 0.25) is 5.91 Å². The molecule has 1 heterocycles. The number of aliphatic imine (C=N–C) groups is 1. The molecule has 0 saturated heterocycles. The number of thiophene rings is 1. The molecule has 1 aromatic carbocycles. The van der Waals surface area contributed by atoms with Gasteiger partial charge in [0.05, 0.1) is 0 Å². The van der Waals surface area contributed by atoms with Gasteiger partial charge in [-0.1, -0.05) is 17.7 Å². The summed E-state index contributed by atoms with van der Waals surface area (Å²) in [6, 6.07) is 11.2. The molecule has 0 unspecified atom stereocenters. The lowest BCUT2D eigenvalue weighted by molar-refractivity contribution is -0.116. The van der Waals surface area contributed by atoms with E-state index in [2.05, 4.69) is 27.1 Å². The number of rotatable bonds is 8. The van der Waals surface area contributed by atoms with Crippen LogP contribution in [0.3, 0.4) is 0 Å². The zero-order valence-electron chi connectivity index (χ0n) is 13.7. The minimum Gasteiger partial charge on any atom is -0.370 e. The molecule has 4 N–H and O–H groups in total. The van der Waals surface area contributed by atoms with E-state index in [9.17, 15) is 4.79 Å². The van der Waals surface area contributed by atoms with E-state index in [1.54, 1.807) is 35.6 Å². The maximum Gasteiger partial charge on any atom is 0.224 e. The Kier molecular flexibility index (Phi) is 10.5. The van der Waals surface area contributed by atoms with Crippen LogP contribution < -0.4 is 16.4 Å². The average Bonchev–Trinajstić information content (AvgIpc) is 3.07. The lowest BCUT2D eigenvalue weighted by atomic mass is 10.2. The fraction of sp³-hybridized carbons (Fsp3) is 0.294. The Morgan fingerprint density at radius 1 is 1.24 bits per heavy atom. The molecule has 0 bridgehead atoms. The van der Waals surface area contributed by atoms with E-state index in [0.29, 0.717) is 30.4 Å². The molecule has 2 aromatic rings. The van der Waals surface area contributed by atoms with Gasteiger partial charge < -0.3 is 16.4 Å². The van der Waals surface area contributed by atoms with Crippen molar-refractivity contribution in [2.24, 2.45) is 10.7 Å². The Balaban J connectivity index is 0.00000312. The molecule has 25 heavy (non-hydrogen) atoms. The number of hydrogen-bond donors (Lipinski definition) is 3. The van der Waals surface area contributed by atoms with Gasteiger partial charge in [0.25, 0.3) is 0 Å². The second-order valence-electron chi connectivity index (χ2n) is 5.18. The molecule has 136 valence electrons. The molecule has 5 nitrogen and oxygen atoms in total. The van der Waals surface area contributed by atoms with Gasteiger partial charge in [-0.05, 0) is 48.6 Å². The Morgan fingerprint density at radius 2 is 2.00 bits per heavy atom. The number of anilines is 1. The van der Waals surface area contributed by atoms with E-state index in [0.717, 1.165) is 18.7 Å². The second-order valence-corrected chi connectivity index (χ2v) is 6.65. The number of nitrogens with zero attached hydrogens (tertiary/aromatic N) is 1. The van der Waals surface area contributed by atoms with Gasteiger partial charge in [-0.15, -0.1) is 35.3 Å². The molecule has 0 aliphatic rings. The standard InChI is InChI=1S/C17H21ClN4OS.HI/c18-13-5-7-14(8-6-13)22-16(23)4-1-10-20-17(19)21-11-9-15-3-2-12-24-15;/h2-3,5-8,12H,1,4,9-11H2,(H,22,23)(H3,19,20,21);1H. The predicted molar refractivity (Wildman–Crippen MR) is 117 cm³/mol. The molecule has 0 saturated carbocycles. The molecule has 0 spiro atoms. The number of nitrogens with one attached hydrogen (secondary N) is 2. The average molecular weight is 493 g/mol. The van der Waals surface area contributed by atoms with Gasteiger partial charge in [0.1, 0.15) is 0 Å². The largest absolute Gasteiger partial charge is 0.370 e. The summed E-state index contributed by atoms with van der Waals surface area (Å²) in [4.78, 5) is 17.3. The summed E-state index contributed by atoms with van der Waals surface area (Å²) in [5, 5.41) is 8.59. The maximum atomic E-state index is 11.8. The van der Waals surface area contributed by atoms with Crippen molar-refractivity contribution in [3.8, 4) is 0 Å². The fourth-order valence-electron chi connectivity index (χ4n) is 2.02. The zero-order valence-corrected chi connectivity index (χ0v) is 17.6. The third-order valence-electron chi connectivity index (χ3n) is 3.23. The van der Waals surface area contributed by atoms with Gasteiger partial charge in [-0.3, -0.25) is 9.79 Å². The molecule has 0 fully saturated rings. The van der Waals surface area contributed by atoms with Crippen molar-refractivity contribution < 1.29 is 4.79 Å². The lowest BCUT2D eigenvalue weighted by Gasteiger charge is -2.06. The lowest BCUT2D eigenvalue weighted by Crippen LogP contribution is -2.33. The molecule has 1 aromatic heterocycles. The van der Waals surface area contributed by atoms with E-state index in [1.807, 2.05) is 6.07 Å². The molecule has 0 atom stereocenters. The van der Waals surface area contributed by atoms with Crippen molar-refractivity contribution in [2.75, 3.05) is 18.4 Å². The van der Waals surface area contributed by atoms with Crippen LogP contribution in [0.15, 0.2) is 46.8 Å². The number of nitrogens with two attached hydrogens (primary N) is 1. The summed E-state index contributed by atoms with van der Waals surface area (Å²) in [6.45, 7) is 1.28. The van der Waals surface area contributed by atoms with Gasteiger partial charge >= 0.3 is 0 Å². The van der Waals surface area contributed by atoms with E-state index in [4.69, 9.17) is 17.3 Å². The van der Waals surface area contributed by atoms with Crippen molar-refractivity contribution >= 4 is 64.5 Å². The summed E-state index contributed by atoms with van der Waals surface area (Å²) >= 11 is 7.53. The normalized spacial score (nSPS) is 10.8. The summed E-state index contributed by atoms with van der Waals surface area (Å²) in [5.74, 6) is 0.376. The number of carbonyl (C=O) groups excluding carboxylic acids is 1. The van der Waals surface area contributed by atoms with Crippen LogP contribution in [-0.2, 0) is 11.2 Å². The first-order valence-corrected chi connectivity index (χ1v) is 9.01. The van der Waals surface area contributed by atoms with Gasteiger partial charge in [0.15, 0.2) is 5.96 Å². The Labute approximate surface area is 174 Å². The summed E-state index contributed by atoms with van der Waals surface area (Å²) in [5.41, 5.74) is 6.54. The highest BCUT2D eigenvalue weighted by atomic mass is 127. The van der Waals surface area contributed by atoms with Gasteiger partial charge in [-0.2, -0.15) is 0 Å². The molecule has 1 amide bonds. The van der Waals surface area contributed by atoms with E-state index in [1.165, 1.54) is 4.88 Å². The van der Waals surface area contributed by atoms with Crippen LogP contribution in [0.1, 0.15) is 17.7 Å². The Hall–Kier alpha value is -1.32. The smallest absolute Gasteiger partial charge is 0.224 e. The second kappa shape index (κ2) is 12.1. The molecule has 2 rings (SSSR count).